The van der Waals surface area contributed by atoms with Gasteiger partial charge in [-0.2, -0.15) is 0 Å². The van der Waals surface area contributed by atoms with Crippen molar-refractivity contribution in [2.24, 2.45) is 0 Å². The Hall–Kier alpha value is -4.97. The summed E-state index contributed by atoms with van der Waals surface area (Å²) in [5.41, 5.74) is 1.72. The van der Waals surface area contributed by atoms with Crippen molar-refractivity contribution in [3.8, 4) is 0 Å². The Kier molecular flexibility index (Phi) is 16.2. The second kappa shape index (κ2) is 20.9. The van der Waals surface area contributed by atoms with E-state index in [4.69, 9.17) is 14.2 Å². The molecule has 4 amide bonds. The van der Waals surface area contributed by atoms with Crippen molar-refractivity contribution < 1.29 is 43.3 Å². The van der Waals surface area contributed by atoms with Gasteiger partial charge in [-0.1, -0.05) is 0 Å². The van der Waals surface area contributed by atoms with Gasteiger partial charge in [0.1, 0.15) is 22.6 Å². The Balaban J connectivity index is 0.000000235. The number of nitrogens with one attached hydrogen (secondary N) is 2. The van der Waals surface area contributed by atoms with Gasteiger partial charge >= 0.3 is 18.2 Å². The molecular formula is C39H48Br2N10O9S2. The molecule has 2 aliphatic rings. The molecule has 0 saturated carbocycles. The maximum absolute atomic E-state index is 12.7. The predicted molar refractivity (Wildman–Crippen MR) is 241 cm³/mol. The number of nitrogens with zero attached hydrogens (tertiary/aromatic N) is 8. The number of thiazole rings is 2. The first-order chi connectivity index (χ1) is 29.3. The number of aliphatic hydroxyl groups excluding tert-OH is 1. The number of amides is 4. The molecule has 6 rings (SSSR count). The minimum absolute atomic E-state index is 0.168. The van der Waals surface area contributed by atoms with E-state index in [-0.39, 0.29) is 37.2 Å². The normalized spacial score (nSPS) is 16.7. The Morgan fingerprint density at radius 2 is 1.19 bits per heavy atom. The number of aromatic nitrogens is 4. The number of ether oxygens (including phenoxy) is 3. The number of aliphatic hydroxyl groups is 1. The number of hydrogen-bond donors (Lipinski definition) is 3. The third-order valence-corrected chi connectivity index (χ3v) is 11.7. The van der Waals surface area contributed by atoms with Crippen LogP contribution in [0, 0.1) is 0 Å². The van der Waals surface area contributed by atoms with E-state index >= 15 is 0 Å². The van der Waals surface area contributed by atoms with Crippen LogP contribution in [0.5, 0.6) is 0 Å². The number of esters is 1. The zero-order valence-electron chi connectivity index (χ0n) is 35.1. The number of methoxy groups -OCH3 is 1. The van der Waals surface area contributed by atoms with E-state index in [1.807, 2.05) is 30.6 Å². The van der Waals surface area contributed by atoms with Gasteiger partial charge in [-0.15, -0.1) is 22.7 Å². The first-order valence-corrected chi connectivity index (χ1v) is 22.5. The molecule has 2 fully saturated rings. The zero-order chi connectivity index (χ0) is 45.4. The predicted octanol–water partition coefficient (Wildman–Crippen LogP) is 6.12. The first kappa shape index (κ1) is 48.1. The van der Waals surface area contributed by atoms with Crippen LogP contribution in [0.15, 0.2) is 55.5 Å². The summed E-state index contributed by atoms with van der Waals surface area (Å²) in [6.07, 6.45) is 5.31. The molecule has 0 aliphatic carbocycles. The highest BCUT2D eigenvalue weighted by Gasteiger charge is 2.39. The molecule has 2 aliphatic heterocycles. The second-order valence-electron chi connectivity index (χ2n) is 15.8. The number of carbonyl (C=O) groups is 5. The SMILES string of the molecule is CC(C)(C)OC(=O)N1CCN(c2ccncc2NC(=O)c2csc(Br)n2)C[C@@H]1CO.COC(=O)[C@H]1CN(c2ccncc2NC(=O)c2csc(Br)n2)CCN1C(=O)OC(C)(C)C. The number of pyridine rings is 2. The molecular weight excluding hydrogens is 976 g/mol. The van der Waals surface area contributed by atoms with Gasteiger partial charge in [0, 0.05) is 62.4 Å². The van der Waals surface area contributed by atoms with E-state index in [9.17, 15) is 29.1 Å². The van der Waals surface area contributed by atoms with Crippen molar-refractivity contribution in [3.63, 3.8) is 0 Å². The summed E-state index contributed by atoms with van der Waals surface area (Å²) < 4.78 is 17.1. The fourth-order valence-corrected chi connectivity index (χ4v) is 8.26. The summed E-state index contributed by atoms with van der Waals surface area (Å²) in [5, 5.41) is 18.8. The molecule has 3 N–H and O–H groups in total. The minimum atomic E-state index is -0.866. The molecule has 23 heteroatoms. The van der Waals surface area contributed by atoms with Crippen LogP contribution in [0.1, 0.15) is 62.5 Å². The Morgan fingerprint density at radius 3 is 1.61 bits per heavy atom. The van der Waals surface area contributed by atoms with E-state index in [1.54, 1.807) is 67.2 Å². The van der Waals surface area contributed by atoms with E-state index < -0.39 is 41.4 Å². The van der Waals surface area contributed by atoms with E-state index in [2.05, 4.69) is 62.4 Å². The third-order valence-electron chi connectivity index (χ3n) is 8.99. The van der Waals surface area contributed by atoms with Crippen molar-refractivity contribution in [3.05, 3.63) is 66.9 Å². The minimum Gasteiger partial charge on any atom is -0.467 e. The summed E-state index contributed by atoms with van der Waals surface area (Å²) >= 11 is 9.13. The van der Waals surface area contributed by atoms with Gasteiger partial charge in [0.2, 0.25) is 0 Å². The van der Waals surface area contributed by atoms with Crippen molar-refractivity contribution in [2.75, 3.05) is 73.4 Å². The van der Waals surface area contributed by atoms with Gasteiger partial charge in [0.05, 0.1) is 54.9 Å². The fraction of sp³-hybridized carbons (Fsp3) is 0.462. The lowest BCUT2D eigenvalue weighted by Gasteiger charge is -2.42. The molecule has 2 saturated heterocycles. The molecule has 4 aromatic rings. The van der Waals surface area contributed by atoms with Crippen LogP contribution in [0.25, 0.3) is 0 Å². The molecule has 2 atom stereocenters. The molecule has 0 radical (unpaired) electrons. The summed E-state index contributed by atoms with van der Waals surface area (Å²) in [6.45, 7) is 12.6. The standard InChI is InChI=1S/C20H24BrN5O5S.C19H24BrN5O4S/c1-20(2,3)31-19(29)26-8-7-25(10-15(26)17(28)30-4)14-5-6-22-9-12(14)23-16(27)13-11-32-18(21)24-13;1-19(2,3)29-18(28)25-7-6-24(9-12(25)10-26)15-4-5-21-8-13(15)22-16(27)14-11-30-17(20)23-14/h5-6,9,11,15H,7-8,10H2,1-4H3,(H,23,27);4-5,8,11-12,26H,6-7,9-10H2,1-3H3,(H,22,27)/t15-;12-/m11/s1. The van der Waals surface area contributed by atoms with Crippen molar-refractivity contribution in [1.29, 1.82) is 0 Å². The number of hydrogen-bond acceptors (Lipinski definition) is 17. The summed E-state index contributed by atoms with van der Waals surface area (Å²) in [6, 6.07) is 2.24. The highest BCUT2D eigenvalue weighted by Crippen LogP contribution is 2.31. The first-order valence-electron chi connectivity index (χ1n) is 19.2. The largest absolute Gasteiger partial charge is 0.467 e. The lowest BCUT2D eigenvalue weighted by atomic mass is 10.1. The number of halogens is 2. The van der Waals surface area contributed by atoms with Gasteiger partial charge in [-0.25, -0.2) is 24.4 Å². The maximum atomic E-state index is 12.7. The Bertz CT molecular complexity index is 2230. The van der Waals surface area contributed by atoms with Crippen molar-refractivity contribution in [2.45, 2.75) is 64.8 Å². The van der Waals surface area contributed by atoms with Crippen molar-refractivity contribution in [1.82, 2.24) is 29.7 Å². The van der Waals surface area contributed by atoms with Crippen LogP contribution in [-0.4, -0.2) is 141 Å². The fourth-order valence-electron chi connectivity index (χ4n) is 6.27. The Morgan fingerprint density at radius 1 is 0.742 bits per heavy atom. The van der Waals surface area contributed by atoms with Crippen LogP contribution in [0.4, 0.5) is 32.3 Å². The summed E-state index contributed by atoms with van der Waals surface area (Å²) in [5.74, 6) is -1.26. The molecule has 0 spiro atoms. The monoisotopic (exact) mass is 1020 g/mol. The molecule has 19 nitrogen and oxygen atoms in total. The number of carbonyl (C=O) groups excluding carboxylic acids is 5. The molecule has 6 heterocycles. The number of anilines is 4. The molecule has 0 unspecified atom stereocenters. The summed E-state index contributed by atoms with van der Waals surface area (Å²) in [7, 11) is 1.28. The third kappa shape index (κ3) is 13.0. The average Bonchev–Trinajstić information content (AvgIpc) is 3.87. The van der Waals surface area contributed by atoms with Crippen LogP contribution in [-0.2, 0) is 19.0 Å². The zero-order valence-corrected chi connectivity index (χ0v) is 39.9. The van der Waals surface area contributed by atoms with E-state index in [0.717, 1.165) is 5.69 Å². The lowest BCUT2D eigenvalue weighted by Crippen LogP contribution is -2.59. The van der Waals surface area contributed by atoms with Gasteiger partial charge in [-0.05, 0) is 85.5 Å². The van der Waals surface area contributed by atoms with Gasteiger partial charge < -0.3 is 39.8 Å². The maximum Gasteiger partial charge on any atom is 0.411 e. The molecule has 0 bridgehead atoms. The van der Waals surface area contributed by atoms with Crippen LogP contribution in [0.3, 0.4) is 0 Å². The second-order valence-corrected chi connectivity index (χ2v) is 20.0. The van der Waals surface area contributed by atoms with Crippen molar-refractivity contribution >= 4 is 107 Å². The highest BCUT2D eigenvalue weighted by molar-refractivity contribution is 9.11. The van der Waals surface area contributed by atoms with Gasteiger partial charge in [0.25, 0.3) is 11.8 Å². The number of piperazine rings is 2. The van der Waals surface area contributed by atoms with Gasteiger partial charge in [-0.3, -0.25) is 29.4 Å². The van der Waals surface area contributed by atoms with E-state index in [1.165, 1.54) is 40.9 Å². The van der Waals surface area contributed by atoms with Crippen LogP contribution < -0.4 is 20.4 Å². The average molecular weight is 1020 g/mol. The van der Waals surface area contributed by atoms with Crippen LogP contribution >= 0.6 is 54.5 Å². The molecule has 62 heavy (non-hydrogen) atoms. The molecule has 4 aromatic heterocycles. The van der Waals surface area contributed by atoms with Gasteiger partial charge in [0.15, 0.2) is 13.9 Å². The van der Waals surface area contributed by atoms with Crippen LogP contribution in [0.2, 0.25) is 0 Å². The highest BCUT2D eigenvalue weighted by atomic mass is 79.9. The smallest absolute Gasteiger partial charge is 0.411 e. The molecule has 334 valence electrons. The summed E-state index contributed by atoms with van der Waals surface area (Å²) in [4.78, 5) is 86.0. The van der Waals surface area contributed by atoms with E-state index in [0.29, 0.717) is 56.8 Å². The Labute approximate surface area is 383 Å². The topological polar surface area (TPSA) is 222 Å². The number of rotatable bonds is 8. The molecule has 0 aromatic carbocycles. The lowest BCUT2D eigenvalue weighted by molar-refractivity contribution is -0.147. The quantitative estimate of drug-likeness (QED) is 0.134.